The Hall–Kier alpha value is -4.40. The summed E-state index contributed by atoms with van der Waals surface area (Å²) < 4.78 is 5.48. The quantitative estimate of drug-likeness (QED) is 0.109. The van der Waals surface area contributed by atoms with E-state index < -0.39 is 29.6 Å². The summed E-state index contributed by atoms with van der Waals surface area (Å²) >= 11 is 0. The lowest BCUT2D eigenvalue weighted by Crippen LogP contribution is -2.63. The smallest absolute Gasteiger partial charge is 0.160 e. The second-order valence-electron chi connectivity index (χ2n) is 19.8. The molecule has 0 amide bonds. The number of aliphatic hydroxyl groups is 3. The number of hydrogen-bond donors (Lipinski definition) is 7. The van der Waals surface area contributed by atoms with E-state index in [0.717, 1.165) is 42.4 Å². The van der Waals surface area contributed by atoms with E-state index >= 15 is 0 Å². The molecule has 3 saturated carbocycles. The number of nitrogens with two attached hydrogens (primary N) is 1. The van der Waals surface area contributed by atoms with Crippen LogP contribution in [0.3, 0.4) is 0 Å². The number of methoxy groups -OCH3 is 1. The minimum Gasteiger partial charge on any atom is -0.504 e. The number of aromatic hydroxyl groups is 1. The Bertz CT molecular complexity index is 2110. The van der Waals surface area contributed by atoms with E-state index in [1.807, 2.05) is 54.6 Å². The largest absolute Gasteiger partial charge is 0.504 e. The second kappa shape index (κ2) is 19.8. The Kier molecular flexibility index (Phi) is 14.2. The van der Waals surface area contributed by atoms with E-state index in [-0.39, 0.29) is 53.9 Å². The van der Waals surface area contributed by atoms with E-state index in [1.165, 1.54) is 45.6 Å². The second-order valence-corrected chi connectivity index (χ2v) is 19.8. The standard InChI is InChI=1S/C53H69N3O7/c1-63-48-30-38-14-17-49(61)52(23-18-35(26-50(52)62)11-15-41-27-40-13-16-42(57)32-44(40)56-53(41)21-6-3-7-22-53)24-19-39(43(38)33-47(48)60)29-46(59)45(58)28-36(37-20-25-55-51(54)31-37)12-10-34-8-4-2-5-9-34/h2,4-5,8-10,12,20,30-31,33,35-36,39-41,44-46,50,55-56,58-60,62H,3,6-7,11,13-18,21-23,25-29,32,54H2,1H3/b12-10+/t35-,36-,39+,40-,41+,44+,45+,46-,50+,52-/m0/s1. The third-order valence-electron chi connectivity index (χ3n) is 15.9. The first-order chi connectivity index (χ1) is 30.4. The maximum atomic E-state index is 14.4. The van der Waals surface area contributed by atoms with Crippen molar-refractivity contribution in [2.75, 3.05) is 13.7 Å². The molecule has 8 N–H and O–H groups in total. The Morgan fingerprint density at radius 3 is 2.56 bits per heavy atom. The van der Waals surface area contributed by atoms with Gasteiger partial charge < -0.3 is 41.5 Å². The highest BCUT2D eigenvalue weighted by molar-refractivity contribution is 5.89. The molecule has 2 aromatic rings. The highest BCUT2D eigenvalue weighted by Crippen LogP contribution is 2.49. The van der Waals surface area contributed by atoms with Gasteiger partial charge in [-0.05, 0) is 129 Å². The maximum absolute atomic E-state index is 14.4. The monoisotopic (exact) mass is 860 g/mol. The number of Topliss-reactive ketones (excluding diaryl/α,β-unsaturated/α-hetero) is 2. The normalized spacial score (nSPS) is 30.9. The summed E-state index contributed by atoms with van der Waals surface area (Å²) in [5.41, 5.74) is 8.44. The summed E-state index contributed by atoms with van der Waals surface area (Å²) in [6.45, 7) is 0.560. The number of carbonyl (C=O) groups is 2. The van der Waals surface area contributed by atoms with Gasteiger partial charge in [0.2, 0.25) is 0 Å². The zero-order chi connectivity index (χ0) is 44.1. The van der Waals surface area contributed by atoms with Gasteiger partial charge in [0.05, 0.1) is 31.2 Å². The zero-order valence-corrected chi connectivity index (χ0v) is 37.1. The van der Waals surface area contributed by atoms with Crippen molar-refractivity contribution in [2.24, 2.45) is 34.8 Å². The molecule has 10 nitrogen and oxygen atoms in total. The molecular weight excluding hydrogens is 791 g/mol. The van der Waals surface area contributed by atoms with E-state index in [0.29, 0.717) is 73.7 Å². The summed E-state index contributed by atoms with van der Waals surface area (Å²) in [5, 5.41) is 53.9. The summed E-state index contributed by atoms with van der Waals surface area (Å²) in [6, 6.07) is 13.6. The first-order valence-electron chi connectivity index (χ1n) is 23.9. The molecule has 1 saturated heterocycles. The Morgan fingerprint density at radius 2 is 1.79 bits per heavy atom. The topological polar surface area (TPSA) is 174 Å². The highest BCUT2D eigenvalue weighted by Gasteiger charge is 2.50. The van der Waals surface area contributed by atoms with Crippen LogP contribution in [0.2, 0.25) is 0 Å². The molecule has 10 atom stereocenters. The molecule has 338 valence electrons. The molecule has 2 aromatic carbocycles. The van der Waals surface area contributed by atoms with Gasteiger partial charge >= 0.3 is 0 Å². The predicted molar refractivity (Wildman–Crippen MR) is 245 cm³/mol. The van der Waals surface area contributed by atoms with Gasteiger partial charge in [0, 0.05) is 49.2 Å². The number of hydrogen-bond acceptors (Lipinski definition) is 10. The molecule has 6 aliphatic rings. The molecule has 0 aromatic heterocycles. The first-order valence-corrected chi connectivity index (χ1v) is 23.9. The van der Waals surface area contributed by atoms with Gasteiger partial charge in [-0.15, -0.1) is 0 Å². The molecule has 4 fully saturated rings. The average Bonchev–Trinajstić information content (AvgIpc) is 3.33. The van der Waals surface area contributed by atoms with Crippen LogP contribution in [0.5, 0.6) is 11.5 Å². The lowest BCUT2D eigenvalue weighted by atomic mass is 9.60. The van der Waals surface area contributed by atoms with Gasteiger partial charge in [-0.3, -0.25) is 9.59 Å². The van der Waals surface area contributed by atoms with Gasteiger partial charge in [-0.25, -0.2) is 0 Å². The van der Waals surface area contributed by atoms with Crippen molar-refractivity contribution in [3.8, 4) is 23.3 Å². The van der Waals surface area contributed by atoms with E-state index in [1.54, 1.807) is 12.1 Å². The molecule has 10 heteroatoms. The lowest BCUT2D eigenvalue weighted by Gasteiger charge is -2.54. The minimum absolute atomic E-state index is 0.0524. The Labute approximate surface area is 373 Å². The van der Waals surface area contributed by atoms with Crippen molar-refractivity contribution in [3.63, 3.8) is 0 Å². The van der Waals surface area contributed by atoms with Crippen LogP contribution in [0.15, 0.2) is 72.1 Å². The molecule has 0 unspecified atom stereocenters. The molecule has 4 aliphatic carbocycles. The van der Waals surface area contributed by atoms with Gasteiger partial charge in [0.1, 0.15) is 11.2 Å². The number of phenolic OH excluding ortho intramolecular Hbond substituents is 1. The van der Waals surface area contributed by atoms with Crippen LogP contribution in [0.25, 0.3) is 6.08 Å². The van der Waals surface area contributed by atoms with E-state index in [4.69, 9.17) is 10.5 Å². The van der Waals surface area contributed by atoms with E-state index in [2.05, 4.69) is 22.5 Å². The van der Waals surface area contributed by atoms with Crippen molar-refractivity contribution in [3.05, 3.63) is 88.8 Å². The molecule has 0 radical (unpaired) electrons. The van der Waals surface area contributed by atoms with E-state index in [9.17, 15) is 30.0 Å². The van der Waals surface area contributed by atoms with Crippen molar-refractivity contribution in [2.45, 2.75) is 151 Å². The number of rotatable bonds is 12. The predicted octanol–water partition coefficient (Wildman–Crippen LogP) is 7.14. The van der Waals surface area contributed by atoms with Crippen molar-refractivity contribution in [1.29, 1.82) is 0 Å². The van der Waals surface area contributed by atoms with Crippen LogP contribution in [0.4, 0.5) is 0 Å². The SMILES string of the molecule is COc1cc2c(cc1O)[C@@H](C[C@H](O)[C@H](O)C[C@H](/C=C/c1ccccc1)C1=CCNC(N)=C1)C#C[C@@]1(CC[C@H](CC[C@@H]3C[C@@H]4CCC(=O)C[C@H]4NC34CCCCC4)C[C@H]1O)C(=O)CC2. The van der Waals surface area contributed by atoms with Crippen LogP contribution < -0.4 is 21.1 Å². The first kappa shape index (κ1) is 45.2. The summed E-state index contributed by atoms with van der Waals surface area (Å²) in [7, 11) is 1.49. The fourth-order valence-electron chi connectivity index (χ4n) is 12.2. The van der Waals surface area contributed by atoms with Crippen molar-refractivity contribution < 1.29 is 34.8 Å². The van der Waals surface area contributed by atoms with Crippen LogP contribution in [0, 0.1) is 40.9 Å². The minimum atomic E-state index is -1.24. The molecule has 2 spiro atoms. The number of nitrogens with one attached hydrogen (secondary N) is 2. The highest BCUT2D eigenvalue weighted by atomic mass is 16.5. The Balaban J connectivity index is 1.00. The lowest BCUT2D eigenvalue weighted by molar-refractivity contribution is -0.134. The summed E-state index contributed by atoms with van der Waals surface area (Å²) in [4.78, 5) is 26.9. The van der Waals surface area contributed by atoms with Gasteiger partial charge in [-0.2, -0.15) is 0 Å². The number of carbonyl (C=O) groups excluding carboxylic acids is 2. The number of allylic oxidation sites excluding steroid dienone is 3. The summed E-state index contributed by atoms with van der Waals surface area (Å²) in [5.74, 6) is 8.29. The van der Waals surface area contributed by atoms with Crippen molar-refractivity contribution >= 4 is 17.6 Å². The molecular formula is C53H69N3O7. The van der Waals surface area contributed by atoms with Crippen molar-refractivity contribution in [1.82, 2.24) is 10.6 Å². The molecule has 63 heavy (non-hydrogen) atoms. The van der Waals surface area contributed by atoms with Gasteiger partial charge in [0.15, 0.2) is 17.3 Å². The molecule has 8 rings (SSSR count). The number of fused-ring (bicyclic) bond motifs is 2. The fourth-order valence-corrected chi connectivity index (χ4v) is 12.2. The van der Waals surface area contributed by atoms with Crippen LogP contribution >= 0.6 is 0 Å². The third-order valence-corrected chi connectivity index (χ3v) is 15.9. The zero-order valence-electron chi connectivity index (χ0n) is 37.1. The Morgan fingerprint density at radius 1 is 0.984 bits per heavy atom. The average molecular weight is 860 g/mol. The van der Waals surface area contributed by atoms with Crippen LogP contribution in [-0.2, 0) is 16.0 Å². The number of phenols is 1. The molecule has 2 heterocycles. The van der Waals surface area contributed by atoms with Crippen LogP contribution in [0.1, 0.15) is 132 Å². The number of ether oxygens (including phenoxy) is 1. The number of ketones is 2. The summed E-state index contributed by atoms with van der Waals surface area (Å²) in [6.07, 6.45) is 18.9. The van der Waals surface area contributed by atoms with Gasteiger partial charge in [0.25, 0.3) is 0 Å². The number of aliphatic hydroxyl groups excluding tert-OH is 3. The van der Waals surface area contributed by atoms with Gasteiger partial charge in [-0.1, -0.05) is 86.1 Å². The maximum Gasteiger partial charge on any atom is 0.160 e. The number of benzene rings is 2. The number of piperidine rings is 1. The molecule has 2 aliphatic heterocycles. The van der Waals surface area contributed by atoms with Crippen LogP contribution in [-0.4, -0.2) is 75.5 Å². The fraction of sp³-hybridized carbons (Fsp3) is 0.585. The number of dihydropyridines is 1. The molecule has 0 bridgehead atoms. The number of aryl methyl sites for hydroxylation is 1. The third kappa shape index (κ3) is 10.1.